The van der Waals surface area contributed by atoms with Gasteiger partial charge in [-0.1, -0.05) is 6.07 Å². The van der Waals surface area contributed by atoms with E-state index in [0.717, 1.165) is 11.3 Å². The molecular weight excluding hydrogens is 340 g/mol. The fourth-order valence-electron chi connectivity index (χ4n) is 3.75. The number of nitrogens with two attached hydrogens (primary N) is 1. The van der Waals surface area contributed by atoms with Crippen molar-refractivity contribution in [1.82, 2.24) is 14.4 Å². The lowest BCUT2D eigenvalue weighted by Gasteiger charge is -2.29. The second-order valence-corrected chi connectivity index (χ2v) is 7.07. The van der Waals surface area contributed by atoms with Gasteiger partial charge in [0.05, 0.1) is 0 Å². The van der Waals surface area contributed by atoms with Gasteiger partial charge in [0.25, 0.3) is 5.91 Å². The van der Waals surface area contributed by atoms with E-state index in [4.69, 9.17) is 5.73 Å². The lowest BCUT2D eigenvalue weighted by atomic mass is 10.1. The number of rotatable bonds is 5. The Labute approximate surface area is 160 Å². The molecule has 2 atom stereocenters. The van der Waals surface area contributed by atoms with Crippen LogP contribution in [0.5, 0.6) is 0 Å². The second kappa shape index (κ2) is 7.96. The molecule has 2 aromatic rings. The molecule has 6 heteroatoms. The zero-order valence-electron chi connectivity index (χ0n) is 16.3. The lowest BCUT2D eigenvalue weighted by Crippen LogP contribution is -2.47. The minimum atomic E-state index is -0.483. The average Bonchev–Trinajstić information content (AvgIpc) is 3.32. The summed E-state index contributed by atoms with van der Waals surface area (Å²) in [5, 5.41) is 0. The number of likely N-dealkylation sites (tertiary alicyclic amines) is 1. The summed E-state index contributed by atoms with van der Waals surface area (Å²) in [6.45, 7) is 7.58. The van der Waals surface area contributed by atoms with Gasteiger partial charge in [-0.15, -0.1) is 0 Å². The van der Waals surface area contributed by atoms with Crippen molar-refractivity contribution in [2.45, 2.75) is 39.3 Å². The number of aryl methyl sites for hydroxylation is 1. The van der Waals surface area contributed by atoms with E-state index in [1.165, 1.54) is 0 Å². The summed E-state index contributed by atoms with van der Waals surface area (Å²) in [6, 6.07) is 8.91. The Morgan fingerprint density at radius 3 is 2.48 bits per heavy atom. The molecule has 1 aromatic carbocycles. The Hall–Kier alpha value is -2.60. The fourth-order valence-corrected chi connectivity index (χ4v) is 3.75. The first-order valence-electron chi connectivity index (χ1n) is 9.55. The summed E-state index contributed by atoms with van der Waals surface area (Å²) < 4.78 is 1.99. The molecule has 1 aromatic heterocycles. The summed E-state index contributed by atoms with van der Waals surface area (Å²) in [5.41, 5.74) is 8.73. The van der Waals surface area contributed by atoms with Crippen molar-refractivity contribution in [1.29, 1.82) is 0 Å². The van der Waals surface area contributed by atoms with Crippen molar-refractivity contribution in [3.8, 4) is 5.69 Å². The Morgan fingerprint density at radius 2 is 1.85 bits per heavy atom. The summed E-state index contributed by atoms with van der Waals surface area (Å²) in [7, 11) is 0. The Kier molecular flexibility index (Phi) is 5.65. The number of carbonyl (C=O) groups is 2. The van der Waals surface area contributed by atoms with E-state index in [0.29, 0.717) is 31.6 Å². The number of amides is 2. The highest BCUT2D eigenvalue weighted by Crippen LogP contribution is 2.24. The van der Waals surface area contributed by atoms with Crippen LogP contribution >= 0.6 is 0 Å². The number of nitrogens with zero attached hydrogens (tertiary/aromatic N) is 3. The molecule has 27 heavy (non-hydrogen) atoms. The van der Waals surface area contributed by atoms with E-state index in [2.05, 4.69) is 0 Å². The molecule has 6 nitrogen and oxygen atoms in total. The quantitative estimate of drug-likeness (QED) is 0.879. The standard InChI is InChI=1S/C21H28N4O2/c1-4-23(5-2)21(27)19-13-17(22)14-25(19)20(26)16-9-8-15(3)18(12-16)24-10-6-7-11-24/h6-12,17,19H,4-5,13-14,22H2,1-3H3/t17-,19+/m1/s1. The SMILES string of the molecule is CCN(CC)C(=O)[C@@H]1C[C@@H](N)CN1C(=O)c1ccc(C)c(-n2cccc2)c1. The molecule has 2 N–H and O–H groups in total. The van der Waals surface area contributed by atoms with Crippen LogP contribution in [0, 0.1) is 6.92 Å². The van der Waals surface area contributed by atoms with E-state index < -0.39 is 6.04 Å². The van der Waals surface area contributed by atoms with E-state index in [9.17, 15) is 9.59 Å². The predicted octanol–water partition coefficient (Wildman–Crippen LogP) is 2.20. The first kappa shape index (κ1) is 19.2. The van der Waals surface area contributed by atoms with Crippen LogP contribution in [0.3, 0.4) is 0 Å². The Balaban J connectivity index is 1.90. The highest BCUT2D eigenvalue weighted by Gasteiger charge is 2.40. The first-order chi connectivity index (χ1) is 13.0. The summed E-state index contributed by atoms with van der Waals surface area (Å²) in [5.74, 6) is -0.152. The molecule has 0 bridgehead atoms. The molecule has 1 fully saturated rings. The van der Waals surface area contributed by atoms with Gasteiger partial charge in [-0.3, -0.25) is 9.59 Å². The van der Waals surface area contributed by atoms with Crippen LogP contribution < -0.4 is 5.73 Å². The van der Waals surface area contributed by atoms with Gasteiger partial charge in [-0.05, 0) is 57.0 Å². The minimum absolute atomic E-state index is 0.0148. The molecule has 0 aliphatic carbocycles. The van der Waals surface area contributed by atoms with Crippen molar-refractivity contribution < 1.29 is 9.59 Å². The summed E-state index contributed by atoms with van der Waals surface area (Å²) in [4.78, 5) is 29.5. The van der Waals surface area contributed by atoms with E-state index in [1.54, 1.807) is 9.80 Å². The number of aromatic nitrogens is 1. The zero-order chi connectivity index (χ0) is 19.6. The molecule has 1 aliphatic heterocycles. The zero-order valence-corrected chi connectivity index (χ0v) is 16.3. The normalized spacial score (nSPS) is 19.3. The van der Waals surface area contributed by atoms with Crippen LogP contribution in [-0.2, 0) is 4.79 Å². The monoisotopic (exact) mass is 368 g/mol. The molecule has 2 heterocycles. The van der Waals surface area contributed by atoms with Crippen molar-refractivity contribution in [2.75, 3.05) is 19.6 Å². The average molecular weight is 368 g/mol. The lowest BCUT2D eigenvalue weighted by molar-refractivity contribution is -0.134. The van der Waals surface area contributed by atoms with Crippen molar-refractivity contribution in [3.63, 3.8) is 0 Å². The molecule has 2 amide bonds. The number of likely N-dealkylation sites (N-methyl/N-ethyl adjacent to an activating group) is 1. The third-order valence-electron chi connectivity index (χ3n) is 5.29. The van der Waals surface area contributed by atoms with E-state index in [-0.39, 0.29) is 17.9 Å². The van der Waals surface area contributed by atoms with Crippen molar-refractivity contribution >= 4 is 11.8 Å². The van der Waals surface area contributed by atoms with E-state index >= 15 is 0 Å². The van der Waals surface area contributed by atoms with Gasteiger partial charge in [0.15, 0.2) is 0 Å². The van der Waals surface area contributed by atoms with E-state index in [1.807, 2.05) is 68.1 Å². The number of carbonyl (C=O) groups excluding carboxylic acids is 2. The maximum absolute atomic E-state index is 13.2. The maximum Gasteiger partial charge on any atom is 0.254 e. The summed E-state index contributed by atoms with van der Waals surface area (Å²) in [6.07, 6.45) is 4.42. The molecule has 3 rings (SSSR count). The summed E-state index contributed by atoms with van der Waals surface area (Å²) >= 11 is 0. The molecule has 144 valence electrons. The smallest absolute Gasteiger partial charge is 0.254 e. The van der Waals surface area contributed by atoms with Crippen LogP contribution in [0.2, 0.25) is 0 Å². The molecule has 0 spiro atoms. The van der Waals surface area contributed by atoms with Gasteiger partial charge < -0.3 is 20.1 Å². The fraction of sp³-hybridized carbons (Fsp3) is 0.429. The Bertz CT molecular complexity index is 812. The third kappa shape index (κ3) is 3.76. The highest BCUT2D eigenvalue weighted by atomic mass is 16.2. The predicted molar refractivity (Wildman–Crippen MR) is 106 cm³/mol. The first-order valence-corrected chi connectivity index (χ1v) is 9.55. The van der Waals surface area contributed by atoms with Gasteiger partial charge in [-0.25, -0.2) is 0 Å². The van der Waals surface area contributed by atoms with Crippen LogP contribution in [0.15, 0.2) is 42.7 Å². The molecule has 0 unspecified atom stereocenters. The van der Waals surface area contributed by atoms with Gasteiger partial charge >= 0.3 is 0 Å². The molecule has 0 saturated carbocycles. The second-order valence-electron chi connectivity index (χ2n) is 7.07. The number of hydrogen-bond acceptors (Lipinski definition) is 3. The molecule has 0 radical (unpaired) electrons. The number of hydrogen-bond donors (Lipinski definition) is 1. The van der Waals surface area contributed by atoms with Gasteiger partial charge in [-0.2, -0.15) is 0 Å². The largest absolute Gasteiger partial charge is 0.341 e. The van der Waals surface area contributed by atoms with Gasteiger partial charge in [0.2, 0.25) is 5.91 Å². The maximum atomic E-state index is 13.2. The Morgan fingerprint density at radius 1 is 1.19 bits per heavy atom. The van der Waals surface area contributed by atoms with Crippen molar-refractivity contribution in [2.24, 2.45) is 5.73 Å². The van der Waals surface area contributed by atoms with Gasteiger partial charge in [0.1, 0.15) is 6.04 Å². The number of benzene rings is 1. The molecule has 1 aliphatic rings. The topological polar surface area (TPSA) is 71.6 Å². The molecule has 1 saturated heterocycles. The van der Waals surface area contributed by atoms with Crippen LogP contribution in [-0.4, -0.2) is 57.9 Å². The minimum Gasteiger partial charge on any atom is -0.341 e. The molecular formula is C21H28N4O2. The third-order valence-corrected chi connectivity index (χ3v) is 5.29. The highest BCUT2D eigenvalue weighted by molar-refractivity contribution is 5.98. The van der Waals surface area contributed by atoms with Crippen LogP contribution in [0.25, 0.3) is 5.69 Å². The van der Waals surface area contributed by atoms with Crippen LogP contribution in [0.1, 0.15) is 36.2 Å². The van der Waals surface area contributed by atoms with Crippen LogP contribution in [0.4, 0.5) is 0 Å². The van der Waals surface area contributed by atoms with Crippen molar-refractivity contribution in [3.05, 3.63) is 53.9 Å². The van der Waals surface area contributed by atoms with Gasteiger partial charge in [0, 0.05) is 49.3 Å².